The van der Waals surface area contributed by atoms with Crippen molar-refractivity contribution in [2.75, 3.05) is 11.9 Å². The van der Waals surface area contributed by atoms with E-state index in [1.54, 1.807) is 24.5 Å². The summed E-state index contributed by atoms with van der Waals surface area (Å²) in [5.74, 6) is -1.34. The number of aromatic nitrogens is 3. The van der Waals surface area contributed by atoms with Crippen LogP contribution in [-0.4, -0.2) is 38.3 Å². The third-order valence-electron chi connectivity index (χ3n) is 5.48. The molecule has 0 radical (unpaired) electrons. The largest absolute Gasteiger partial charge is 0.476 e. The fourth-order valence-corrected chi connectivity index (χ4v) is 4.06. The van der Waals surface area contributed by atoms with E-state index in [1.165, 1.54) is 10.9 Å². The smallest absolute Gasteiger partial charge is 0.412 e. The van der Waals surface area contributed by atoms with Crippen molar-refractivity contribution in [1.29, 1.82) is 0 Å². The summed E-state index contributed by atoms with van der Waals surface area (Å²) in [4.78, 5) is 32.1. The van der Waals surface area contributed by atoms with E-state index in [4.69, 9.17) is 4.74 Å². The minimum absolute atomic E-state index is 0.0147. The van der Waals surface area contributed by atoms with Crippen LogP contribution in [0.5, 0.6) is 0 Å². The molecule has 0 atom stereocenters. The second-order valence-electron chi connectivity index (χ2n) is 7.27. The van der Waals surface area contributed by atoms with Gasteiger partial charge in [0, 0.05) is 18.3 Å². The molecule has 32 heavy (non-hydrogen) atoms. The molecule has 0 aliphatic heterocycles. The van der Waals surface area contributed by atoms with Crippen LogP contribution in [0.4, 0.5) is 10.6 Å². The van der Waals surface area contributed by atoms with Crippen molar-refractivity contribution < 1.29 is 19.4 Å². The monoisotopic (exact) mass is 426 g/mol. The number of imidazole rings is 1. The minimum atomic E-state index is -1.26. The lowest BCUT2D eigenvalue weighted by Crippen LogP contribution is -2.20. The Kier molecular flexibility index (Phi) is 4.87. The number of nitrogens with zero attached hydrogens (tertiary/aromatic N) is 3. The highest BCUT2D eigenvalue weighted by Crippen LogP contribution is 2.44. The van der Waals surface area contributed by atoms with E-state index in [1.807, 2.05) is 36.4 Å². The number of pyridine rings is 1. The predicted octanol–water partition coefficient (Wildman–Crippen LogP) is 4.33. The van der Waals surface area contributed by atoms with Gasteiger partial charge in [-0.15, -0.1) is 0 Å². The molecule has 0 saturated heterocycles. The molecule has 0 bridgehead atoms. The summed E-state index contributed by atoms with van der Waals surface area (Å²) in [6, 6.07) is 19.4. The van der Waals surface area contributed by atoms with Crippen molar-refractivity contribution in [3.8, 4) is 16.8 Å². The third-order valence-corrected chi connectivity index (χ3v) is 5.48. The van der Waals surface area contributed by atoms with Gasteiger partial charge >= 0.3 is 12.1 Å². The van der Waals surface area contributed by atoms with Crippen LogP contribution in [0, 0.1) is 0 Å². The van der Waals surface area contributed by atoms with E-state index < -0.39 is 12.1 Å². The Morgan fingerprint density at radius 1 is 0.969 bits per heavy atom. The van der Waals surface area contributed by atoms with Gasteiger partial charge in [0.15, 0.2) is 11.5 Å². The fourth-order valence-electron chi connectivity index (χ4n) is 4.06. The first-order chi connectivity index (χ1) is 15.6. The number of anilines is 1. The molecule has 158 valence electrons. The topological polar surface area (TPSA) is 106 Å². The van der Waals surface area contributed by atoms with Gasteiger partial charge in [0.05, 0.1) is 5.69 Å². The SMILES string of the molecule is O=C(Nc1c(C(=O)O)ncn1-c1ccncc1)OCC1c2ccccc2-c2ccccc21. The van der Waals surface area contributed by atoms with E-state index >= 15 is 0 Å². The Hall–Kier alpha value is -4.46. The average molecular weight is 426 g/mol. The number of amides is 1. The van der Waals surface area contributed by atoms with Crippen molar-refractivity contribution in [2.45, 2.75) is 5.92 Å². The normalized spacial score (nSPS) is 12.1. The lowest BCUT2D eigenvalue weighted by molar-refractivity contribution is 0.0692. The number of benzene rings is 2. The Morgan fingerprint density at radius 3 is 2.22 bits per heavy atom. The van der Waals surface area contributed by atoms with Crippen molar-refractivity contribution in [3.05, 3.63) is 96.2 Å². The number of aromatic carboxylic acids is 1. The molecular weight excluding hydrogens is 408 g/mol. The Balaban J connectivity index is 1.38. The number of hydrogen-bond acceptors (Lipinski definition) is 5. The Labute approximate surface area is 183 Å². The highest BCUT2D eigenvalue weighted by Gasteiger charge is 2.29. The van der Waals surface area contributed by atoms with Crippen LogP contribution in [-0.2, 0) is 4.74 Å². The van der Waals surface area contributed by atoms with Gasteiger partial charge in [0.1, 0.15) is 12.9 Å². The molecule has 4 aromatic rings. The lowest BCUT2D eigenvalue weighted by atomic mass is 9.98. The summed E-state index contributed by atoms with van der Waals surface area (Å²) in [5, 5.41) is 12.0. The molecule has 1 amide bonds. The molecule has 2 N–H and O–H groups in total. The molecule has 0 unspecified atom stereocenters. The van der Waals surface area contributed by atoms with Crippen molar-refractivity contribution in [3.63, 3.8) is 0 Å². The zero-order chi connectivity index (χ0) is 22.1. The van der Waals surface area contributed by atoms with Gasteiger partial charge in [-0.2, -0.15) is 0 Å². The van der Waals surface area contributed by atoms with Crippen molar-refractivity contribution in [1.82, 2.24) is 14.5 Å². The highest BCUT2D eigenvalue weighted by molar-refractivity contribution is 5.96. The van der Waals surface area contributed by atoms with Gasteiger partial charge in [0.25, 0.3) is 0 Å². The van der Waals surface area contributed by atoms with Crippen LogP contribution in [0.25, 0.3) is 16.8 Å². The van der Waals surface area contributed by atoms with E-state index in [0.717, 1.165) is 22.3 Å². The first-order valence-corrected chi connectivity index (χ1v) is 9.96. The molecule has 1 aliphatic carbocycles. The van der Waals surface area contributed by atoms with Crippen LogP contribution in [0.3, 0.4) is 0 Å². The van der Waals surface area contributed by atoms with E-state index in [0.29, 0.717) is 5.69 Å². The van der Waals surface area contributed by atoms with E-state index in [9.17, 15) is 14.7 Å². The number of carboxylic acids is 1. The average Bonchev–Trinajstić information content (AvgIpc) is 3.38. The number of rotatable bonds is 5. The number of hydrogen-bond donors (Lipinski definition) is 2. The summed E-state index contributed by atoms with van der Waals surface area (Å²) >= 11 is 0. The van der Waals surface area contributed by atoms with Crippen LogP contribution < -0.4 is 5.32 Å². The van der Waals surface area contributed by atoms with Gasteiger partial charge in [-0.25, -0.2) is 14.6 Å². The second-order valence-corrected chi connectivity index (χ2v) is 7.27. The predicted molar refractivity (Wildman–Crippen MR) is 117 cm³/mol. The standard InChI is InChI=1S/C24H18N4O4/c29-23(30)21-22(28(14-26-21)15-9-11-25-12-10-15)27-24(31)32-13-20-18-7-3-1-5-16(18)17-6-2-4-8-19(17)20/h1-12,14,20H,13H2,(H,27,31)(H,29,30). The summed E-state index contributed by atoms with van der Waals surface area (Å²) in [5.41, 5.74) is 4.76. The highest BCUT2D eigenvalue weighted by atomic mass is 16.5. The first-order valence-electron chi connectivity index (χ1n) is 9.96. The summed E-state index contributed by atoms with van der Waals surface area (Å²) < 4.78 is 7.01. The Morgan fingerprint density at radius 2 is 1.59 bits per heavy atom. The Bertz CT molecular complexity index is 1270. The molecule has 2 aromatic heterocycles. The molecule has 8 nitrogen and oxygen atoms in total. The number of ether oxygens (including phenoxy) is 1. The zero-order valence-electron chi connectivity index (χ0n) is 16.8. The van der Waals surface area contributed by atoms with Gasteiger partial charge in [-0.05, 0) is 34.4 Å². The van der Waals surface area contributed by atoms with Crippen LogP contribution in [0.2, 0.25) is 0 Å². The number of nitrogens with one attached hydrogen (secondary N) is 1. The molecule has 0 saturated carbocycles. The molecule has 2 heterocycles. The van der Waals surface area contributed by atoms with Gasteiger partial charge in [0.2, 0.25) is 0 Å². The maximum atomic E-state index is 12.7. The molecular formula is C24H18N4O4. The fraction of sp³-hybridized carbons (Fsp3) is 0.0833. The van der Waals surface area contributed by atoms with Crippen molar-refractivity contribution in [2.24, 2.45) is 0 Å². The molecule has 0 spiro atoms. The van der Waals surface area contributed by atoms with Crippen LogP contribution in [0.1, 0.15) is 27.5 Å². The molecule has 1 aliphatic rings. The van der Waals surface area contributed by atoms with Gasteiger partial charge in [-0.1, -0.05) is 48.5 Å². The second kappa shape index (κ2) is 7.99. The number of fused-ring (bicyclic) bond motifs is 3. The van der Waals surface area contributed by atoms with Gasteiger partial charge < -0.3 is 9.84 Å². The lowest BCUT2D eigenvalue weighted by Gasteiger charge is -2.15. The molecule has 0 fully saturated rings. The maximum absolute atomic E-state index is 12.7. The van der Waals surface area contributed by atoms with E-state index in [2.05, 4.69) is 27.4 Å². The summed E-state index contributed by atoms with van der Waals surface area (Å²) in [7, 11) is 0. The zero-order valence-corrected chi connectivity index (χ0v) is 16.8. The third kappa shape index (κ3) is 3.37. The van der Waals surface area contributed by atoms with E-state index in [-0.39, 0.29) is 24.0 Å². The number of carboxylic acid groups (broad SMARTS) is 1. The minimum Gasteiger partial charge on any atom is -0.476 e. The summed E-state index contributed by atoms with van der Waals surface area (Å²) in [6.45, 7) is 0.117. The number of carbonyl (C=O) groups excluding carboxylic acids is 1. The first kappa shape index (κ1) is 19.5. The van der Waals surface area contributed by atoms with Crippen LogP contribution >= 0.6 is 0 Å². The molecule has 8 heteroatoms. The van der Waals surface area contributed by atoms with Gasteiger partial charge in [-0.3, -0.25) is 14.9 Å². The molecule has 2 aromatic carbocycles. The molecule has 5 rings (SSSR count). The summed E-state index contributed by atoms with van der Waals surface area (Å²) in [6.07, 6.45) is 3.70. The quantitative estimate of drug-likeness (QED) is 0.492. The van der Waals surface area contributed by atoms with Crippen molar-refractivity contribution >= 4 is 17.9 Å². The maximum Gasteiger partial charge on any atom is 0.412 e. The number of carbonyl (C=O) groups is 2. The van der Waals surface area contributed by atoms with Crippen LogP contribution in [0.15, 0.2) is 79.4 Å².